The molecule has 0 aliphatic carbocycles. The van der Waals surface area contributed by atoms with E-state index < -0.39 is 31.1 Å². The molecule has 4 unspecified atom stereocenters. The van der Waals surface area contributed by atoms with Gasteiger partial charge in [0, 0.05) is 4.91 Å². The fourth-order valence-electron chi connectivity index (χ4n) is 2.35. The minimum Gasteiger partial charge on any atom is -0.394 e. The maximum Gasteiger partial charge on any atom is 0.201 e. The third-order valence-corrected chi connectivity index (χ3v) is 3.39. The van der Waals surface area contributed by atoms with Gasteiger partial charge in [-0.05, 0) is 10.6 Å². The van der Waals surface area contributed by atoms with E-state index in [2.05, 4.69) is 25.0 Å². The highest BCUT2D eigenvalue weighted by Gasteiger charge is 2.44. The maximum absolute atomic E-state index is 10.1. The van der Waals surface area contributed by atoms with Crippen LogP contribution in [0.4, 0.5) is 11.8 Å². The molecule has 1 fully saturated rings. The Hall–Kier alpha value is -2.50. The van der Waals surface area contributed by atoms with E-state index in [4.69, 9.17) is 21.1 Å². The van der Waals surface area contributed by atoms with E-state index in [0.717, 1.165) is 0 Å². The lowest BCUT2D eigenvalue weighted by molar-refractivity contribution is -0.0502. The second-order valence-corrected chi connectivity index (χ2v) is 4.63. The number of aliphatic hydroxyl groups excluding tert-OH is 3. The highest BCUT2D eigenvalue weighted by molar-refractivity contribution is 5.83. The fraction of sp³-hybridized carbons (Fsp3) is 0.500. The monoisotopic (exact) mass is 308 g/mol. The smallest absolute Gasteiger partial charge is 0.201 e. The van der Waals surface area contributed by atoms with Crippen molar-refractivity contribution >= 4 is 22.9 Å². The van der Waals surface area contributed by atoms with Gasteiger partial charge in [0.2, 0.25) is 5.95 Å². The predicted octanol–water partition coefficient (Wildman–Crippen LogP) is -1.04. The first kappa shape index (κ1) is 14.4. The van der Waals surface area contributed by atoms with Crippen LogP contribution in [0.15, 0.2) is 11.4 Å². The topological polar surface area (TPSA) is 188 Å². The molecule has 1 aliphatic heterocycles. The summed E-state index contributed by atoms with van der Waals surface area (Å²) in [5, 5.41) is 32.5. The van der Waals surface area contributed by atoms with E-state index in [1.165, 1.54) is 10.9 Å². The molecule has 1 saturated heterocycles. The lowest BCUT2D eigenvalue weighted by Crippen LogP contribution is -2.33. The van der Waals surface area contributed by atoms with Crippen molar-refractivity contribution in [2.45, 2.75) is 24.5 Å². The van der Waals surface area contributed by atoms with Gasteiger partial charge in [-0.25, -0.2) is 15.0 Å². The molecule has 0 spiro atoms. The third-order valence-electron chi connectivity index (χ3n) is 3.39. The number of aromatic nitrogens is 4. The first-order valence-electron chi connectivity index (χ1n) is 6.24. The van der Waals surface area contributed by atoms with Gasteiger partial charge in [0.1, 0.15) is 24.6 Å². The molecule has 4 atom stereocenters. The molecule has 12 heteroatoms. The lowest BCUT2D eigenvalue weighted by atomic mass is 10.1. The number of ether oxygens (including phenoxy) is 1. The molecule has 2 aromatic rings. The van der Waals surface area contributed by atoms with Crippen molar-refractivity contribution in [3.05, 3.63) is 16.8 Å². The Bertz CT molecular complexity index is 757. The van der Waals surface area contributed by atoms with Crippen LogP contribution in [0.5, 0.6) is 0 Å². The summed E-state index contributed by atoms with van der Waals surface area (Å²) in [5.74, 6) is -0.0931. The molecule has 22 heavy (non-hydrogen) atoms. The van der Waals surface area contributed by atoms with Crippen LogP contribution in [-0.2, 0) is 4.74 Å². The molecule has 3 heterocycles. The van der Waals surface area contributed by atoms with Gasteiger partial charge in [-0.15, -0.1) is 0 Å². The van der Waals surface area contributed by atoms with Crippen LogP contribution >= 0.6 is 0 Å². The van der Waals surface area contributed by atoms with Crippen LogP contribution in [0.2, 0.25) is 0 Å². The first-order valence-corrected chi connectivity index (χ1v) is 6.24. The number of imidazole rings is 1. The normalized spacial score (nSPS) is 28.0. The zero-order valence-electron chi connectivity index (χ0n) is 11.1. The molecule has 0 amide bonds. The van der Waals surface area contributed by atoms with Gasteiger partial charge in [-0.3, -0.25) is 4.57 Å². The number of nitrogens with zero attached hydrogens (tertiary/aromatic N) is 7. The number of azide groups is 1. The summed E-state index contributed by atoms with van der Waals surface area (Å²) >= 11 is 0. The van der Waals surface area contributed by atoms with Gasteiger partial charge in [-0.2, -0.15) is 0 Å². The van der Waals surface area contributed by atoms with Gasteiger partial charge in [-0.1, -0.05) is 0 Å². The van der Waals surface area contributed by atoms with Crippen LogP contribution in [-0.4, -0.2) is 59.8 Å². The molecule has 0 bridgehead atoms. The Kier molecular flexibility index (Phi) is 3.52. The van der Waals surface area contributed by atoms with Gasteiger partial charge in [0.25, 0.3) is 0 Å². The summed E-state index contributed by atoms with van der Waals surface area (Å²) < 4.78 is 6.61. The predicted molar refractivity (Wildman–Crippen MR) is 71.6 cm³/mol. The van der Waals surface area contributed by atoms with Crippen molar-refractivity contribution < 1.29 is 20.1 Å². The molecule has 2 aromatic heterocycles. The van der Waals surface area contributed by atoms with E-state index in [-0.39, 0.29) is 22.9 Å². The van der Waals surface area contributed by atoms with Gasteiger partial charge in [0.15, 0.2) is 23.2 Å². The number of aliphatic hydroxyl groups is 3. The van der Waals surface area contributed by atoms with Crippen molar-refractivity contribution in [3.8, 4) is 0 Å². The highest BCUT2D eigenvalue weighted by Crippen LogP contribution is 2.35. The quantitative estimate of drug-likeness (QED) is 0.314. The van der Waals surface area contributed by atoms with E-state index in [0.29, 0.717) is 0 Å². The number of fused-ring (bicyclic) bond motifs is 1. The zero-order valence-corrected chi connectivity index (χ0v) is 11.1. The molecular weight excluding hydrogens is 296 g/mol. The molecule has 5 N–H and O–H groups in total. The van der Waals surface area contributed by atoms with Crippen LogP contribution in [0.25, 0.3) is 21.6 Å². The summed E-state index contributed by atoms with van der Waals surface area (Å²) in [6.07, 6.45) is -3.65. The van der Waals surface area contributed by atoms with Crippen molar-refractivity contribution in [2.75, 3.05) is 12.3 Å². The molecule has 3 rings (SSSR count). The largest absolute Gasteiger partial charge is 0.394 e. The lowest BCUT2D eigenvalue weighted by Gasteiger charge is -2.17. The average Bonchev–Trinajstić information content (AvgIpc) is 3.00. The molecule has 1 aliphatic rings. The Labute approximate surface area is 122 Å². The molecule has 12 nitrogen and oxygen atoms in total. The molecule has 0 radical (unpaired) electrons. The van der Waals surface area contributed by atoms with Crippen LogP contribution < -0.4 is 5.73 Å². The van der Waals surface area contributed by atoms with Gasteiger partial charge in [0.05, 0.1) is 6.61 Å². The second kappa shape index (κ2) is 5.36. The number of nitrogen functional groups attached to an aromatic ring is 1. The minimum absolute atomic E-state index is 0.0601. The maximum atomic E-state index is 10.1. The summed E-state index contributed by atoms with van der Waals surface area (Å²) in [6.45, 7) is -0.491. The molecule has 0 saturated carbocycles. The Morgan fingerprint density at radius 3 is 2.82 bits per heavy atom. The second-order valence-electron chi connectivity index (χ2n) is 4.63. The number of hydrogen-bond donors (Lipinski definition) is 4. The van der Waals surface area contributed by atoms with E-state index in [1.54, 1.807) is 0 Å². The number of hydrogen-bond acceptors (Lipinski definition) is 9. The summed E-state index contributed by atoms with van der Waals surface area (Å²) in [4.78, 5) is 14.4. The Balaban J connectivity index is 2.19. The van der Waals surface area contributed by atoms with Crippen LogP contribution in [0.3, 0.4) is 0 Å². The summed E-state index contributed by atoms with van der Waals surface area (Å²) in [6, 6.07) is 0. The summed E-state index contributed by atoms with van der Waals surface area (Å²) in [5.41, 5.74) is 14.7. The zero-order chi connectivity index (χ0) is 15.9. The van der Waals surface area contributed by atoms with E-state index >= 15 is 0 Å². The van der Waals surface area contributed by atoms with E-state index in [1.807, 2.05) is 0 Å². The van der Waals surface area contributed by atoms with Crippen molar-refractivity contribution in [1.29, 1.82) is 0 Å². The average molecular weight is 308 g/mol. The van der Waals surface area contributed by atoms with Crippen molar-refractivity contribution in [1.82, 2.24) is 19.5 Å². The van der Waals surface area contributed by atoms with Crippen molar-refractivity contribution in [2.24, 2.45) is 5.11 Å². The molecular formula is C10H12N8O4. The van der Waals surface area contributed by atoms with Crippen LogP contribution in [0, 0.1) is 0 Å². The fourth-order valence-corrected chi connectivity index (χ4v) is 2.35. The first-order chi connectivity index (χ1) is 10.6. The SMILES string of the molecule is [N-]=[N+]=Nc1nc2c(N)ncnc2n1C1OC(CO)C(O)C1O. The Morgan fingerprint density at radius 1 is 1.41 bits per heavy atom. The van der Waals surface area contributed by atoms with Gasteiger partial charge >= 0.3 is 0 Å². The van der Waals surface area contributed by atoms with Gasteiger partial charge < -0.3 is 25.8 Å². The van der Waals surface area contributed by atoms with E-state index in [9.17, 15) is 10.2 Å². The Morgan fingerprint density at radius 2 is 2.18 bits per heavy atom. The summed E-state index contributed by atoms with van der Waals surface area (Å²) in [7, 11) is 0. The van der Waals surface area contributed by atoms with Crippen LogP contribution in [0.1, 0.15) is 6.23 Å². The number of nitrogens with two attached hydrogens (primary N) is 1. The number of rotatable bonds is 3. The molecule has 116 valence electrons. The van der Waals surface area contributed by atoms with Crippen molar-refractivity contribution in [3.63, 3.8) is 0 Å². The molecule has 0 aromatic carbocycles. The standard InChI is InChI=1S/C10H12N8O4/c11-7-4-8(14-2-13-7)18(10(15-4)16-17-12)9-6(21)5(20)3(1-19)22-9/h2-3,5-6,9,19-21H,1H2,(H2,11,13,14). The highest BCUT2D eigenvalue weighted by atomic mass is 16.6. The third kappa shape index (κ3) is 2.03. The number of anilines is 1. The minimum atomic E-state index is -1.38.